The number of nitrogens with zero attached hydrogens (tertiary/aromatic N) is 5. The van der Waals surface area contributed by atoms with Crippen molar-refractivity contribution in [3.63, 3.8) is 0 Å². The molecule has 7 nitrogen and oxygen atoms in total. The molecule has 0 unspecified atom stereocenters. The predicted molar refractivity (Wildman–Crippen MR) is 90.8 cm³/mol. The molecule has 3 aromatic rings. The minimum absolute atomic E-state index is 0.0801. The summed E-state index contributed by atoms with van der Waals surface area (Å²) in [6, 6.07) is 11.8. The quantitative estimate of drug-likeness (QED) is 0.714. The van der Waals surface area contributed by atoms with E-state index in [0.717, 1.165) is 29.8 Å². The lowest BCUT2D eigenvalue weighted by Crippen LogP contribution is -2.34. The van der Waals surface area contributed by atoms with Gasteiger partial charge in [-0.05, 0) is 11.1 Å². The van der Waals surface area contributed by atoms with E-state index < -0.39 is 0 Å². The van der Waals surface area contributed by atoms with Gasteiger partial charge in [0.1, 0.15) is 0 Å². The Bertz CT molecular complexity index is 932. The van der Waals surface area contributed by atoms with E-state index >= 15 is 0 Å². The molecule has 1 aliphatic heterocycles. The second-order valence-electron chi connectivity index (χ2n) is 6.31. The maximum atomic E-state index is 11.8. The average molecular weight is 337 g/mol. The van der Waals surface area contributed by atoms with Crippen LogP contribution >= 0.6 is 0 Å². The Morgan fingerprint density at radius 2 is 2.08 bits per heavy atom. The first-order valence-corrected chi connectivity index (χ1v) is 8.31. The van der Waals surface area contributed by atoms with Crippen molar-refractivity contribution in [2.24, 2.45) is 7.05 Å². The second-order valence-corrected chi connectivity index (χ2v) is 6.31. The van der Waals surface area contributed by atoms with Gasteiger partial charge in [0.05, 0.1) is 12.2 Å². The number of aryl methyl sites for hydroxylation is 1. The number of fused-ring (bicyclic) bond motifs is 1. The van der Waals surface area contributed by atoms with E-state index in [1.165, 1.54) is 4.68 Å². The number of benzene rings is 1. The van der Waals surface area contributed by atoms with Gasteiger partial charge in [-0.15, -0.1) is 0 Å². The number of hydrogen-bond donors (Lipinski definition) is 0. The van der Waals surface area contributed by atoms with Crippen LogP contribution in [0.5, 0.6) is 0 Å². The SMILES string of the molecule is Cn1nc2c(cc1=O)CN(Cc1nc(Cc3ccccc3)no1)CC2. The first kappa shape index (κ1) is 15.7. The van der Waals surface area contributed by atoms with Gasteiger partial charge in [-0.25, -0.2) is 4.68 Å². The molecule has 0 bridgehead atoms. The van der Waals surface area contributed by atoms with Crippen molar-refractivity contribution in [1.82, 2.24) is 24.8 Å². The molecule has 128 valence electrons. The lowest BCUT2D eigenvalue weighted by atomic mass is 10.1. The van der Waals surface area contributed by atoms with E-state index in [1.807, 2.05) is 30.3 Å². The summed E-state index contributed by atoms with van der Waals surface area (Å²) >= 11 is 0. The molecule has 0 saturated heterocycles. The lowest BCUT2D eigenvalue weighted by molar-refractivity contribution is 0.207. The Balaban J connectivity index is 1.43. The van der Waals surface area contributed by atoms with Crippen molar-refractivity contribution in [2.75, 3.05) is 6.54 Å². The fourth-order valence-electron chi connectivity index (χ4n) is 3.08. The summed E-state index contributed by atoms with van der Waals surface area (Å²) in [6.07, 6.45) is 1.47. The molecule has 7 heteroatoms. The van der Waals surface area contributed by atoms with Crippen LogP contribution in [0.25, 0.3) is 0 Å². The Morgan fingerprint density at radius 3 is 2.92 bits per heavy atom. The molecule has 0 N–H and O–H groups in total. The molecule has 25 heavy (non-hydrogen) atoms. The molecule has 3 heterocycles. The fraction of sp³-hybridized carbons (Fsp3) is 0.333. The maximum Gasteiger partial charge on any atom is 0.266 e. The van der Waals surface area contributed by atoms with Gasteiger partial charge in [0, 0.05) is 39.0 Å². The standard InChI is InChI=1S/C18H19N5O2/c1-22-18(24)10-14-11-23(8-7-15(14)20-22)12-17-19-16(21-25-17)9-13-5-3-2-4-6-13/h2-6,10H,7-9,11-12H2,1H3. The molecule has 0 fully saturated rings. The predicted octanol–water partition coefficient (Wildman–Crippen LogP) is 1.31. The number of rotatable bonds is 4. The molecule has 1 aliphatic rings. The van der Waals surface area contributed by atoms with E-state index in [-0.39, 0.29) is 5.56 Å². The Labute approximate surface area is 144 Å². The van der Waals surface area contributed by atoms with Crippen molar-refractivity contribution >= 4 is 0 Å². The minimum atomic E-state index is -0.0801. The highest BCUT2D eigenvalue weighted by atomic mass is 16.5. The van der Waals surface area contributed by atoms with Gasteiger partial charge in [0.25, 0.3) is 5.56 Å². The molecule has 0 radical (unpaired) electrons. The zero-order chi connectivity index (χ0) is 17.2. The molecular formula is C18H19N5O2. The molecule has 0 spiro atoms. The van der Waals surface area contributed by atoms with Crippen LogP contribution in [0, 0.1) is 0 Å². The van der Waals surface area contributed by atoms with E-state index in [9.17, 15) is 4.79 Å². The number of aromatic nitrogens is 4. The third-order valence-corrected chi connectivity index (χ3v) is 4.39. The van der Waals surface area contributed by atoms with Crippen LogP contribution in [0.15, 0.2) is 45.7 Å². The topological polar surface area (TPSA) is 77.1 Å². The zero-order valence-corrected chi connectivity index (χ0v) is 14.1. The smallest absolute Gasteiger partial charge is 0.266 e. The highest BCUT2D eigenvalue weighted by Gasteiger charge is 2.20. The van der Waals surface area contributed by atoms with Gasteiger partial charge in [-0.2, -0.15) is 10.1 Å². The van der Waals surface area contributed by atoms with Gasteiger partial charge >= 0.3 is 0 Å². The summed E-state index contributed by atoms with van der Waals surface area (Å²) in [5, 5.41) is 8.40. The molecule has 0 saturated carbocycles. The second kappa shape index (κ2) is 6.60. The lowest BCUT2D eigenvalue weighted by Gasteiger charge is -2.26. The average Bonchev–Trinajstić information content (AvgIpc) is 3.04. The summed E-state index contributed by atoms with van der Waals surface area (Å²) in [6.45, 7) is 2.11. The van der Waals surface area contributed by atoms with Crippen molar-refractivity contribution in [3.05, 3.63) is 75.3 Å². The van der Waals surface area contributed by atoms with Gasteiger partial charge < -0.3 is 4.52 Å². The van der Waals surface area contributed by atoms with E-state index in [4.69, 9.17) is 4.52 Å². The van der Waals surface area contributed by atoms with Crippen LogP contribution in [0.2, 0.25) is 0 Å². The molecule has 0 atom stereocenters. The first-order valence-electron chi connectivity index (χ1n) is 8.31. The van der Waals surface area contributed by atoms with Crippen molar-refractivity contribution in [3.8, 4) is 0 Å². The first-order chi connectivity index (χ1) is 12.2. The van der Waals surface area contributed by atoms with Crippen molar-refractivity contribution in [2.45, 2.75) is 25.9 Å². The zero-order valence-electron chi connectivity index (χ0n) is 14.1. The third-order valence-electron chi connectivity index (χ3n) is 4.39. The highest BCUT2D eigenvalue weighted by molar-refractivity contribution is 5.21. The molecule has 0 aliphatic carbocycles. The van der Waals surface area contributed by atoms with Crippen LogP contribution in [0.4, 0.5) is 0 Å². The van der Waals surface area contributed by atoms with E-state index in [1.54, 1.807) is 13.1 Å². The van der Waals surface area contributed by atoms with Gasteiger partial charge in [-0.1, -0.05) is 35.5 Å². The molecular weight excluding hydrogens is 318 g/mol. The summed E-state index contributed by atoms with van der Waals surface area (Å²) in [4.78, 5) is 18.5. The highest BCUT2D eigenvalue weighted by Crippen LogP contribution is 2.17. The van der Waals surface area contributed by atoms with Crippen LogP contribution in [0.3, 0.4) is 0 Å². The van der Waals surface area contributed by atoms with Gasteiger partial charge in [0.2, 0.25) is 5.89 Å². The molecule has 2 aromatic heterocycles. The summed E-state index contributed by atoms with van der Waals surface area (Å²) in [5.41, 5.74) is 3.05. The van der Waals surface area contributed by atoms with Crippen molar-refractivity contribution in [1.29, 1.82) is 0 Å². The monoisotopic (exact) mass is 337 g/mol. The van der Waals surface area contributed by atoms with Crippen molar-refractivity contribution < 1.29 is 4.52 Å². The third kappa shape index (κ3) is 3.51. The van der Waals surface area contributed by atoms with Crippen LogP contribution < -0.4 is 5.56 Å². The minimum Gasteiger partial charge on any atom is -0.338 e. The molecule has 0 amide bonds. The normalized spacial score (nSPS) is 14.4. The molecule has 1 aromatic carbocycles. The summed E-state index contributed by atoms with van der Waals surface area (Å²) < 4.78 is 6.78. The van der Waals surface area contributed by atoms with Gasteiger partial charge in [0.15, 0.2) is 5.82 Å². The molecule has 4 rings (SSSR count). The van der Waals surface area contributed by atoms with Crippen LogP contribution in [-0.2, 0) is 33.0 Å². The number of hydrogen-bond acceptors (Lipinski definition) is 6. The largest absolute Gasteiger partial charge is 0.338 e. The van der Waals surface area contributed by atoms with E-state index in [0.29, 0.717) is 31.2 Å². The Kier molecular flexibility index (Phi) is 4.15. The fourth-order valence-corrected chi connectivity index (χ4v) is 3.08. The van der Waals surface area contributed by atoms with Gasteiger partial charge in [-0.3, -0.25) is 9.69 Å². The van der Waals surface area contributed by atoms with Crippen LogP contribution in [0.1, 0.15) is 28.5 Å². The van der Waals surface area contributed by atoms with E-state index in [2.05, 4.69) is 20.1 Å². The Morgan fingerprint density at radius 1 is 1.24 bits per heavy atom. The maximum absolute atomic E-state index is 11.8. The Hall–Kier alpha value is -2.80. The van der Waals surface area contributed by atoms with Crippen LogP contribution in [-0.4, -0.2) is 31.4 Å². The summed E-state index contributed by atoms with van der Waals surface area (Å²) in [5.74, 6) is 1.29. The summed E-state index contributed by atoms with van der Waals surface area (Å²) in [7, 11) is 1.68.